The predicted molar refractivity (Wildman–Crippen MR) is 80.2 cm³/mol. The first-order valence-electron chi connectivity index (χ1n) is 7.06. The first-order chi connectivity index (χ1) is 10.1. The lowest BCUT2D eigenvalue weighted by Gasteiger charge is -2.31. The second-order valence-corrected chi connectivity index (χ2v) is 5.47. The Morgan fingerprint density at radius 3 is 2.57 bits per heavy atom. The monoisotopic (exact) mass is 310 g/mol. The van der Waals surface area contributed by atoms with Crippen molar-refractivity contribution in [2.75, 3.05) is 26.2 Å². The lowest BCUT2D eigenvalue weighted by atomic mass is 9.95. The molecule has 0 unspecified atom stereocenters. The van der Waals surface area contributed by atoms with Crippen LogP contribution in [-0.4, -0.2) is 48.1 Å². The van der Waals surface area contributed by atoms with Gasteiger partial charge in [0.1, 0.15) is 0 Å². The van der Waals surface area contributed by atoms with Gasteiger partial charge in [-0.05, 0) is 25.0 Å². The number of hydrogen-bond donors (Lipinski definition) is 2. The zero-order valence-electron chi connectivity index (χ0n) is 11.7. The summed E-state index contributed by atoms with van der Waals surface area (Å²) in [6, 6.07) is 6.99. The van der Waals surface area contributed by atoms with E-state index >= 15 is 0 Å². The largest absolute Gasteiger partial charge is 0.395 e. The van der Waals surface area contributed by atoms with E-state index in [0.29, 0.717) is 36.5 Å². The minimum absolute atomic E-state index is 0.0473. The summed E-state index contributed by atoms with van der Waals surface area (Å²) in [5.74, 6) is -0.226. The normalized spacial score (nSPS) is 15.8. The number of halogens is 1. The molecule has 0 aromatic heterocycles. The van der Waals surface area contributed by atoms with Gasteiger partial charge in [0.05, 0.1) is 17.2 Å². The van der Waals surface area contributed by atoms with Crippen LogP contribution in [0, 0.1) is 5.92 Å². The Kier molecular flexibility index (Phi) is 5.59. The average Bonchev–Trinajstić information content (AvgIpc) is 2.52. The van der Waals surface area contributed by atoms with Crippen LogP contribution in [0.3, 0.4) is 0 Å². The summed E-state index contributed by atoms with van der Waals surface area (Å²) < 4.78 is 0. The molecule has 2 amide bonds. The second-order valence-electron chi connectivity index (χ2n) is 5.06. The lowest BCUT2D eigenvalue weighted by molar-refractivity contribution is -0.126. The van der Waals surface area contributed by atoms with Crippen molar-refractivity contribution < 1.29 is 14.7 Å². The van der Waals surface area contributed by atoms with Crippen LogP contribution in [0.2, 0.25) is 5.02 Å². The number of hydrogen-bond acceptors (Lipinski definition) is 3. The molecule has 0 saturated carbocycles. The summed E-state index contributed by atoms with van der Waals surface area (Å²) in [7, 11) is 0. The van der Waals surface area contributed by atoms with Crippen molar-refractivity contribution in [3.05, 3.63) is 34.9 Å². The molecule has 114 valence electrons. The van der Waals surface area contributed by atoms with Gasteiger partial charge in [-0.2, -0.15) is 0 Å². The molecule has 21 heavy (non-hydrogen) atoms. The minimum atomic E-state index is -0.0909. The maximum absolute atomic E-state index is 12.4. The number of likely N-dealkylation sites (tertiary alicyclic amines) is 1. The fourth-order valence-corrected chi connectivity index (χ4v) is 2.69. The third-order valence-corrected chi connectivity index (χ3v) is 4.00. The van der Waals surface area contributed by atoms with E-state index in [1.54, 1.807) is 29.2 Å². The zero-order chi connectivity index (χ0) is 15.2. The number of rotatable bonds is 4. The molecule has 1 aliphatic heterocycles. The molecule has 0 atom stereocenters. The lowest BCUT2D eigenvalue weighted by Crippen LogP contribution is -2.43. The Hall–Kier alpha value is -1.59. The van der Waals surface area contributed by atoms with Gasteiger partial charge >= 0.3 is 0 Å². The first-order valence-corrected chi connectivity index (χ1v) is 7.43. The number of carbonyl (C=O) groups is 2. The highest BCUT2D eigenvalue weighted by Crippen LogP contribution is 2.22. The molecule has 1 fully saturated rings. The van der Waals surface area contributed by atoms with E-state index < -0.39 is 0 Å². The number of amides is 2. The van der Waals surface area contributed by atoms with Gasteiger partial charge in [-0.3, -0.25) is 9.59 Å². The van der Waals surface area contributed by atoms with E-state index in [9.17, 15) is 9.59 Å². The van der Waals surface area contributed by atoms with E-state index in [2.05, 4.69) is 5.32 Å². The molecule has 5 nitrogen and oxygen atoms in total. The van der Waals surface area contributed by atoms with Crippen LogP contribution in [0.4, 0.5) is 0 Å². The number of nitrogens with one attached hydrogen (secondary N) is 1. The fourth-order valence-electron chi connectivity index (χ4n) is 2.47. The SMILES string of the molecule is O=C(NCCO)C1CCN(C(=O)c2ccccc2Cl)CC1. The van der Waals surface area contributed by atoms with Crippen LogP contribution < -0.4 is 5.32 Å². The Morgan fingerprint density at radius 2 is 1.95 bits per heavy atom. The van der Waals surface area contributed by atoms with Crippen LogP contribution in [0.1, 0.15) is 23.2 Å². The molecule has 0 spiro atoms. The van der Waals surface area contributed by atoms with Gasteiger partial charge in [0.15, 0.2) is 0 Å². The van der Waals surface area contributed by atoms with Crippen LogP contribution in [0.15, 0.2) is 24.3 Å². The Balaban J connectivity index is 1.91. The number of aliphatic hydroxyl groups excluding tert-OH is 1. The predicted octanol–water partition coefficient (Wildman–Crippen LogP) is 1.30. The maximum Gasteiger partial charge on any atom is 0.255 e. The average molecular weight is 311 g/mol. The van der Waals surface area contributed by atoms with Gasteiger partial charge in [-0.1, -0.05) is 23.7 Å². The molecule has 0 radical (unpaired) electrons. The molecule has 1 saturated heterocycles. The smallest absolute Gasteiger partial charge is 0.255 e. The van der Waals surface area contributed by atoms with Crippen LogP contribution >= 0.6 is 11.6 Å². The molecule has 1 aromatic carbocycles. The molecule has 1 aromatic rings. The van der Waals surface area contributed by atoms with E-state index in [-0.39, 0.29) is 30.9 Å². The van der Waals surface area contributed by atoms with Crippen molar-refractivity contribution in [3.63, 3.8) is 0 Å². The third-order valence-electron chi connectivity index (χ3n) is 3.67. The van der Waals surface area contributed by atoms with Crippen LogP contribution in [0.5, 0.6) is 0 Å². The molecule has 2 rings (SSSR count). The molecule has 1 heterocycles. The quantitative estimate of drug-likeness (QED) is 0.881. The highest BCUT2D eigenvalue weighted by Gasteiger charge is 2.28. The molecule has 0 aliphatic carbocycles. The Labute approximate surface area is 128 Å². The summed E-state index contributed by atoms with van der Waals surface area (Å²) in [5.41, 5.74) is 0.502. The standard InChI is InChI=1S/C15H19ClN2O3/c16-13-4-2-1-3-12(13)15(21)18-8-5-11(6-9-18)14(20)17-7-10-19/h1-4,11,19H,5-10H2,(H,17,20). The Bertz CT molecular complexity index is 513. The van der Waals surface area contributed by atoms with E-state index in [0.717, 1.165) is 0 Å². The van der Waals surface area contributed by atoms with Gasteiger partial charge in [-0.25, -0.2) is 0 Å². The topological polar surface area (TPSA) is 69.6 Å². The molecular formula is C15H19ClN2O3. The van der Waals surface area contributed by atoms with Crippen LogP contribution in [0.25, 0.3) is 0 Å². The second kappa shape index (κ2) is 7.43. The summed E-state index contributed by atoms with van der Waals surface area (Å²) in [6.45, 7) is 1.30. The number of benzene rings is 1. The number of carbonyl (C=O) groups excluding carboxylic acids is 2. The van der Waals surface area contributed by atoms with Crippen molar-refractivity contribution in [1.82, 2.24) is 10.2 Å². The third kappa shape index (κ3) is 3.95. The summed E-state index contributed by atoms with van der Waals surface area (Å²) in [5, 5.41) is 11.8. The van der Waals surface area contributed by atoms with E-state index in [4.69, 9.17) is 16.7 Å². The van der Waals surface area contributed by atoms with E-state index in [1.807, 2.05) is 0 Å². The number of nitrogens with zero attached hydrogens (tertiary/aromatic N) is 1. The van der Waals surface area contributed by atoms with Crippen molar-refractivity contribution in [2.45, 2.75) is 12.8 Å². The minimum Gasteiger partial charge on any atom is -0.395 e. The van der Waals surface area contributed by atoms with Crippen molar-refractivity contribution >= 4 is 23.4 Å². The van der Waals surface area contributed by atoms with Gasteiger partial charge in [-0.15, -0.1) is 0 Å². The number of aliphatic hydroxyl groups is 1. The Morgan fingerprint density at radius 1 is 1.29 bits per heavy atom. The van der Waals surface area contributed by atoms with Gasteiger partial charge in [0, 0.05) is 25.6 Å². The van der Waals surface area contributed by atoms with E-state index in [1.165, 1.54) is 0 Å². The van der Waals surface area contributed by atoms with Crippen molar-refractivity contribution in [3.8, 4) is 0 Å². The molecule has 2 N–H and O–H groups in total. The molecular weight excluding hydrogens is 292 g/mol. The summed E-state index contributed by atoms with van der Waals surface area (Å²) in [4.78, 5) is 25.9. The highest BCUT2D eigenvalue weighted by molar-refractivity contribution is 6.33. The number of piperidine rings is 1. The van der Waals surface area contributed by atoms with Crippen molar-refractivity contribution in [2.24, 2.45) is 5.92 Å². The van der Waals surface area contributed by atoms with Crippen LogP contribution in [-0.2, 0) is 4.79 Å². The maximum atomic E-state index is 12.4. The van der Waals surface area contributed by atoms with Gasteiger partial charge < -0.3 is 15.3 Å². The molecule has 0 bridgehead atoms. The highest BCUT2D eigenvalue weighted by atomic mass is 35.5. The van der Waals surface area contributed by atoms with Crippen molar-refractivity contribution in [1.29, 1.82) is 0 Å². The van der Waals surface area contributed by atoms with Gasteiger partial charge in [0.2, 0.25) is 5.91 Å². The summed E-state index contributed by atoms with van der Waals surface area (Å²) >= 11 is 6.04. The fraction of sp³-hybridized carbons (Fsp3) is 0.467. The first kappa shape index (κ1) is 15.8. The summed E-state index contributed by atoms with van der Waals surface area (Å²) in [6.07, 6.45) is 1.26. The zero-order valence-corrected chi connectivity index (χ0v) is 12.5. The molecule has 1 aliphatic rings. The van der Waals surface area contributed by atoms with Gasteiger partial charge in [0.25, 0.3) is 5.91 Å². The molecule has 6 heteroatoms.